The van der Waals surface area contributed by atoms with E-state index in [1.165, 1.54) is 24.3 Å². The fraction of sp³-hybridized carbons (Fsp3) is 0.111. The van der Waals surface area contributed by atoms with Crippen LogP contribution in [0.3, 0.4) is 0 Å². The summed E-state index contributed by atoms with van der Waals surface area (Å²) < 4.78 is 39.2. The normalized spacial score (nSPS) is 11.4. The number of para-hydroxylation sites is 1. The van der Waals surface area contributed by atoms with Crippen LogP contribution in [0.4, 0.5) is 24.8 Å². The molecule has 7 heteroatoms. The molecule has 0 spiro atoms. The van der Waals surface area contributed by atoms with Crippen molar-refractivity contribution in [2.75, 3.05) is 5.32 Å². The number of rotatable bonds is 3. The van der Waals surface area contributed by atoms with E-state index in [0.29, 0.717) is 11.3 Å². The van der Waals surface area contributed by atoms with Gasteiger partial charge in [0, 0.05) is 11.6 Å². The van der Waals surface area contributed by atoms with E-state index in [4.69, 9.17) is 0 Å². The summed E-state index contributed by atoms with van der Waals surface area (Å²) in [6, 6.07) is 13.6. The Labute approximate surface area is 141 Å². The lowest BCUT2D eigenvalue weighted by atomic mass is 10.1. The molecule has 25 heavy (non-hydrogen) atoms. The zero-order chi connectivity index (χ0) is 18.0. The first-order valence-electron chi connectivity index (χ1n) is 7.44. The molecular formula is C18H14F3N3O. The maximum atomic E-state index is 13.1. The molecule has 2 aromatic carbocycles. The van der Waals surface area contributed by atoms with Crippen molar-refractivity contribution in [1.82, 2.24) is 9.97 Å². The van der Waals surface area contributed by atoms with Crippen LogP contribution >= 0.6 is 0 Å². The maximum Gasteiger partial charge on any atom is 0.418 e. The Bertz CT molecular complexity index is 947. The number of aromatic nitrogens is 2. The summed E-state index contributed by atoms with van der Waals surface area (Å²) in [6.07, 6.45) is -4.52. The van der Waals surface area contributed by atoms with Crippen molar-refractivity contribution in [2.24, 2.45) is 0 Å². The Morgan fingerprint density at radius 2 is 1.72 bits per heavy atom. The topological polar surface area (TPSA) is 57.8 Å². The van der Waals surface area contributed by atoms with Crippen LogP contribution in [0.5, 0.6) is 0 Å². The lowest BCUT2D eigenvalue weighted by molar-refractivity contribution is -0.136. The van der Waals surface area contributed by atoms with Gasteiger partial charge < -0.3 is 5.32 Å². The molecule has 0 aliphatic heterocycles. The Balaban J connectivity index is 2.00. The van der Waals surface area contributed by atoms with Gasteiger partial charge in [-0.2, -0.15) is 13.2 Å². The van der Waals surface area contributed by atoms with Crippen LogP contribution < -0.4 is 10.9 Å². The minimum atomic E-state index is -4.52. The number of halogens is 3. The number of aryl methyl sites for hydroxylation is 1. The van der Waals surface area contributed by atoms with Crippen LogP contribution in [-0.4, -0.2) is 9.97 Å². The maximum absolute atomic E-state index is 13.1. The molecule has 3 rings (SSSR count). The highest BCUT2D eigenvalue weighted by molar-refractivity contribution is 5.64. The molecule has 0 saturated heterocycles. The van der Waals surface area contributed by atoms with Gasteiger partial charge >= 0.3 is 6.18 Å². The molecule has 3 aromatic rings. The van der Waals surface area contributed by atoms with Gasteiger partial charge in [-0.3, -0.25) is 9.78 Å². The standard InChI is InChI=1S/C18H14F3N3O/c1-11-6-8-12(9-7-11)15-10-16(25)24-17(23-15)22-14-5-3-2-4-13(14)18(19,20)21/h2-10H,1H3,(H2,22,23,24,25). The van der Waals surface area contributed by atoms with Crippen LogP contribution in [-0.2, 0) is 6.18 Å². The number of hydrogen-bond acceptors (Lipinski definition) is 3. The number of anilines is 2. The smallest absolute Gasteiger partial charge is 0.325 e. The molecule has 1 heterocycles. The van der Waals surface area contributed by atoms with Gasteiger partial charge in [0.2, 0.25) is 5.95 Å². The number of nitrogens with one attached hydrogen (secondary N) is 2. The molecular weight excluding hydrogens is 331 g/mol. The summed E-state index contributed by atoms with van der Waals surface area (Å²) in [5.41, 5.74) is 0.640. The Morgan fingerprint density at radius 1 is 1.04 bits per heavy atom. The predicted octanol–water partition coefficient (Wildman–Crippen LogP) is 4.51. The number of H-pyrrole nitrogens is 1. The van der Waals surface area contributed by atoms with Gasteiger partial charge in [0.05, 0.1) is 16.9 Å². The first-order chi connectivity index (χ1) is 11.8. The first kappa shape index (κ1) is 16.8. The molecule has 1 aromatic heterocycles. The molecule has 0 amide bonds. The molecule has 0 atom stereocenters. The van der Waals surface area contributed by atoms with Gasteiger partial charge in [0.25, 0.3) is 5.56 Å². The summed E-state index contributed by atoms with van der Waals surface area (Å²) in [5.74, 6) is -0.0558. The summed E-state index contributed by atoms with van der Waals surface area (Å²) >= 11 is 0. The van der Waals surface area contributed by atoms with Crippen molar-refractivity contribution in [3.05, 3.63) is 76.1 Å². The summed E-state index contributed by atoms with van der Waals surface area (Å²) in [7, 11) is 0. The van der Waals surface area contributed by atoms with Crippen LogP contribution in [0.15, 0.2) is 59.4 Å². The van der Waals surface area contributed by atoms with Gasteiger partial charge in [-0.25, -0.2) is 4.98 Å². The molecule has 128 valence electrons. The lowest BCUT2D eigenvalue weighted by Crippen LogP contribution is -2.13. The quantitative estimate of drug-likeness (QED) is 0.734. The largest absolute Gasteiger partial charge is 0.418 e. The highest BCUT2D eigenvalue weighted by Gasteiger charge is 2.33. The van der Waals surface area contributed by atoms with E-state index in [2.05, 4.69) is 15.3 Å². The van der Waals surface area contributed by atoms with E-state index >= 15 is 0 Å². The third-order valence-corrected chi connectivity index (χ3v) is 3.57. The average Bonchev–Trinajstić information content (AvgIpc) is 2.54. The van der Waals surface area contributed by atoms with Crippen LogP contribution in [0.25, 0.3) is 11.3 Å². The third-order valence-electron chi connectivity index (χ3n) is 3.57. The highest BCUT2D eigenvalue weighted by atomic mass is 19.4. The third kappa shape index (κ3) is 3.88. The summed E-state index contributed by atoms with van der Waals surface area (Å²) in [5, 5.41) is 2.55. The van der Waals surface area contributed by atoms with Crippen molar-refractivity contribution in [3.8, 4) is 11.3 Å². The van der Waals surface area contributed by atoms with E-state index in [0.717, 1.165) is 11.6 Å². The molecule has 0 aliphatic carbocycles. The lowest BCUT2D eigenvalue weighted by Gasteiger charge is -2.14. The second-order valence-corrected chi connectivity index (χ2v) is 5.51. The van der Waals surface area contributed by atoms with E-state index in [9.17, 15) is 18.0 Å². The Morgan fingerprint density at radius 3 is 2.40 bits per heavy atom. The monoisotopic (exact) mass is 345 g/mol. The van der Waals surface area contributed by atoms with Gasteiger partial charge in [0.15, 0.2) is 0 Å². The molecule has 0 fully saturated rings. The molecule has 4 nitrogen and oxygen atoms in total. The number of aromatic amines is 1. The Hall–Kier alpha value is -3.09. The SMILES string of the molecule is Cc1ccc(-c2cc(=O)[nH]c(Nc3ccccc3C(F)(F)F)n2)cc1. The van der Waals surface area contributed by atoms with Gasteiger partial charge in [-0.15, -0.1) is 0 Å². The van der Waals surface area contributed by atoms with Crippen molar-refractivity contribution >= 4 is 11.6 Å². The molecule has 2 N–H and O–H groups in total. The first-order valence-corrected chi connectivity index (χ1v) is 7.44. The van der Waals surface area contributed by atoms with E-state index in [1.807, 2.05) is 19.1 Å². The van der Waals surface area contributed by atoms with Crippen LogP contribution in [0.1, 0.15) is 11.1 Å². The van der Waals surface area contributed by atoms with Crippen LogP contribution in [0.2, 0.25) is 0 Å². The van der Waals surface area contributed by atoms with Crippen molar-refractivity contribution in [2.45, 2.75) is 13.1 Å². The van der Waals surface area contributed by atoms with E-state index < -0.39 is 17.3 Å². The van der Waals surface area contributed by atoms with Gasteiger partial charge in [-0.05, 0) is 19.1 Å². The minimum Gasteiger partial charge on any atom is -0.325 e. The van der Waals surface area contributed by atoms with E-state index in [-0.39, 0.29) is 11.6 Å². The fourth-order valence-corrected chi connectivity index (χ4v) is 2.36. The zero-order valence-corrected chi connectivity index (χ0v) is 13.2. The second kappa shape index (κ2) is 6.43. The van der Waals surface area contributed by atoms with E-state index in [1.54, 1.807) is 12.1 Å². The van der Waals surface area contributed by atoms with Crippen molar-refractivity contribution in [1.29, 1.82) is 0 Å². The highest BCUT2D eigenvalue weighted by Crippen LogP contribution is 2.35. The summed E-state index contributed by atoms with van der Waals surface area (Å²) in [6.45, 7) is 1.93. The number of benzene rings is 2. The summed E-state index contributed by atoms with van der Waals surface area (Å²) in [4.78, 5) is 18.5. The van der Waals surface area contributed by atoms with Crippen molar-refractivity contribution < 1.29 is 13.2 Å². The van der Waals surface area contributed by atoms with Crippen molar-refractivity contribution in [3.63, 3.8) is 0 Å². The zero-order valence-electron chi connectivity index (χ0n) is 13.2. The van der Waals surface area contributed by atoms with Gasteiger partial charge in [0.1, 0.15) is 0 Å². The molecule has 0 bridgehead atoms. The van der Waals surface area contributed by atoms with Crippen LogP contribution in [0, 0.1) is 6.92 Å². The minimum absolute atomic E-state index is 0.0558. The second-order valence-electron chi connectivity index (χ2n) is 5.51. The predicted molar refractivity (Wildman–Crippen MR) is 89.8 cm³/mol. The number of hydrogen-bond donors (Lipinski definition) is 2. The molecule has 0 unspecified atom stereocenters. The molecule has 0 radical (unpaired) electrons. The van der Waals surface area contributed by atoms with Gasteiger partial charge in [-0.1, -0.05) is 42.0 Å². The fourth-order valence-electron chi connectivity index (χ4n) is 2.36. The number of nitrogens with zero attached hydrogens (tertiary/aromatic N) is 1. The Kier molecular flexibility index (Phi) is 4.31. The molecule has 0 saturated carbocycles. The molecule has 0 aliphatic rings. The number of alkyl halides is 3. The average molecular weight is 345 g/mol.